The second-order valence-corrected chi connectivity index (χ2v) is 6.66. The van der Waals surface area contributed by atoms with Gasteiger partial charge in [0.1, 0.15) is 0 Å². The molecule has 1 atom stereocenters. The number of fused-ring (bicyclic) bond motifs is 1. The predicted molar refractivity (Wildman–Crippen MR) is 88.2 cm³/mol. The molecule has 1 N–H and O–H groups in total. The van der Waals surface area contributed by atoms with Gasteiger partial charge in [0.25, 0.3) is 6.23 Å². The molecule has 0 saturated carbocycles. The lowest BCUT2D eigenvalue weighted by Crippen LogP contribution is -3.13. The molecule has 23 heavy (non-hydrogen) atoms. The number of hydrogen-bond acceptors (Lipinski definition) is 2. The first kappa shape index (κ1) is 14.5. The molecule has 2 aliphatic rings. The summed E-state index contributed by atoms with van der Waals surface area (Å²) in [7, 11) is 0. The van der Waals surface area contributed by atoms with Crippen molar-refractivity contribution in [3.63, 3.8) is 0 Å². The molecule has 0 spiro atoms. The Kier molecular flexibility index (Phi) is 3.88. The van der Waals surface area contributed by atoms with E-state index >= 15 is 0 Å². The van der Waals surface area contributed by atoms with Gasteiger partial charge < -0.3 is 4.74 Å². The molecule has 2 aromatic carbocycles. The van der Waals surface area contributed by atoms with Gasteiger partial charge >= 0.3 is 5.97 Å². The third-order valence-corrected chi connectivity index (χ3v) is 5.17. The lowest BCUT2D eigenvalue weighted by molar-refractivity contribution is -0.957. The topological polar surface area (TPSA) is 30.7 Å². The van der Waals surface area contributed by atoms with Crippen molar-refractivity contribution in [1.82, 2.24) is 0 Å². The van der Waals surface area contributed by atoms with Crippen molar-refractivity contribution in [2.45, 2.75) is 25.5 Å². The first-order valence-electron chi connectivity index (χ1n) is 8.49. The number of carbonyl (C=O) groups excluding carboxylic acids is 1. The summed E-state index contributed by atoms with van der Waals surface area (Å²) >= 11 is 0. The van der Waals surface area contributed by atoms with Crippen LogP contribution < -0.4 is 4.90 Å². The molecule has 4 rings (SSSR count). The van der Waals surface area contributed by atoms with E-state index < -0.39 is 0 Å². The molecular formula is C20H22NO2+. The molecule has 0 amide bonds. The average molecular weight is 308 g/mol. The van der Waals surface area contributed by atoms with Gasteiger partial charge in [-0.1, -0.05) is 42.5 Å². The Morgan fingerprint density at radius 1 is 0.957 bits per heavy atom. The second kappa shape index (κ2) is 6.17. The molecule has 0 radical (unpaired) electrons. The van der Waals surface area contributed by atoms with Gasteiger partial charge in [-0.2, -0.15) is 0 Å². The molecule has 2 aliphatic heterocycles. The van der Waals surface area contributed by atoms with Crippen LogP contribution in [0.15, 0.2) is 54.6 Å². The lowest BCUT2D eigenvalue weighted by atomic mass is 9.90. The van der Waals surface area contributed by atoms with Crippen LogP contribution in [0.3, 0.4) is 0 Å². The third kappa shape index (κ3) is 2.89. The predicted octanol–water partition coefficient (Wildman–Crippen LogP) is 2.39. The van der Waals surface area contributed by atoms with E-state index in [1.807, 2.05) is 24.3 Å². The van der Waals surface area contributed by atoms with Gasteiger partial charge in [-0.05, 0) is 42.9 Å². The summed E-state index contributed by atoms with van der Waals surface area (Å²) < 4.78 is 5.65. The van der Waals surface area contributed by atoms with Crippen molar-refractivity contribution in [2.24, 2.45) is 5.92 Å². The van der Waals surface area contributed by atoms with Crippen molar-refractivity contribution >= 4 is 5.97 Å². The van der Waals surface area contributed by atoms with E-state index in [9.17, 15) is 4.79 Å². The smallest absolute Gasteiger partial charge is 0.343 e. The quantitative estimate of drug-likeness (QED) is 0.883. The monoisotopic (exact) mass is 308 g/mol. The highest BCUT2D eigenvalue weighted by molar-refractivity contribution is 5.93. The standard InChI is InChI=1S/C20H21NO2/c22-20-18-9-5-4-8-17(18)19(23-20)21-12-10-16(11-13-21)14-15-6-2-1-3-7-15/h1-9,16,19H,10-14H2/p+1/t19-/m1/s1. The molecule has 3 heteroatoms. The molecule has 2 heterocycles. The Balaban J connectivity index is 1.40. The lowest BCUT2D eigenvalue weighted by Gasteiger charge is -2.32. The van der Waals surface area contributed by atoms with E-state index in [-0.39, 0.29) is 12.2 Å². The number of cyclic esters (lactones) is 1. The van der Waals surface area contributed by atoms with Crippen LogP contribution in [0.5, 0.6) is 0 Å². The maximum absolute atomic E-state index is 12.0. The zero-order valence-corrected chi connectivity index (χ0v) is 13.2. The zero-order valence-electron chi connectivity index (χ0n) is 13.2. The first-order chi connectivity index (χ1) is 11.3. The highest BCUT2D eigenvalue weighted by Gasteiger charge is 2.39. The van der Waals surface area contributed by atoms with Crippen LogP contribution >= 0.6 is 0 Å². The van der Waals surface area contributed by atoms with Crippen molar-refractivity contribution in [3.8, 4) is 0 Å². The Bertz CT molecular complexity index is 690. The third-order valence-electron chi connectivity index (χ3n) is 5.17. The molecule has 0 aromatic heterocycles. The van der Waals surface area contributed by atoms with E-state index in [0.717, 1.165) is 36.6 Å². The normalized spacial score (nSPS) is 26.6. The van der Waals surface area contributed by atoms with Gasteiger partial charge in [-0.3, -0.25) is 4.90 Å². The maximum atomic E-state index is 12.0. The summed E-state index contributed by atoms with van der Waals surface area (Å²) in [5.41, 5.74) is 3.24. The van der Waals surface area contributed by atoms with Crippen LogP contribution in [0.25, 0.3) is 0 Å². The van der Waals surface area contributed by atoms with Crippen LogP contribution in [0.2, 0.25) is 0 Å². The summed E-state index contributed by atoms with van der Waals surface area (Å²) in [6.45, 7) is 2.15. The van der Waals surface area contributed by atoms with Gasteiger partial charge in [0, 0.05) is 0 Å². The van der Waals surface area contributed by atoms with Gasteiger partial charge in [0.05, 0.1) is 24.2 Å². The minimum Gasteiger partial charge on any atom is -0.404 e. The number of piperidine rings is 1. The first-order valence-corrected chi connectivity index (χ1v) is 8.49. The number of rotatable bonds is 3. The number of hydrogen-bond donors (Lipinski definition) is 1. The molecule has 3 nitrogen and oxygen atoms in total. The van der Waals surface area contributed by atoms with Crippen LogP contribution in [0, 0.1) is 5.92 Å². The minimum absolute atomic E-state index is 0.101. The number of benzene rings is 2. The molecule has 0 bridgehead atoms. The fourth-order valence-corrected chi connectivity index (χ4v) is 3.91. The van der Waals surface area contributed by atoms with Crippen molar-refractivity contribution < 1.29 is 14.4 Å². The largest absolute Gasteiger partial charge is 0.404 e. The summed E-state index contributed by atoms with van der Waals surface area (Å²) in [6.07, 6.45) is 3.45. The summed E-state index contributed by atoms with van der Waals surface area (Å²) in [5, 5.41) is 0. The number of quaternary nitrogens is 1. The number of esters is 1. The number of carbonyl (C=O) groups is 1. The number of nitrogens with one attached hydrogen (secondary N) is 1. The van der Waals surface area contributed by atoms with E-state index in [1.54, 1.807) is 0 Å². The molecule has 1 fully saturated rings. The molecule has 0 aliphatic carbocycles. The molecular weight excluding hydrogens is 286 g/mol. The summed E-state index contributed by atoms with van der Waals surface area (Å²) in [6, 6.07) is 18.5. The van der Waals surface area contributed by atoms with E-state index in [2.05, 4.69) is 30.3 Å². The Labute approximate surface area is 136 Å². The summed E-state index contributed by atoms with van der Waals surface area (Å²) in [5.74, 6) is 0.581. The van der Waals surface area contributed by atoms with Crippen LogP contribution in [-0.2, 0) is 11.2 Å². The van der Waals surface area contributed by atoms with E-state index in [4.69, 9.17) is 4.74 Å². The molecule has 1 saturated heterocycles. The number of ether oxygens (including phenoxy) is 1. The van der Waals surface area contributed by atoms with Gasteiger partial charge in [-0.15, -0.1) is 0 Å². The fourth-order valence-electron chi connectivity index (χ4n) is 3.91. The Morgan fingerprint density at radius 3 is 2.43 bits per heavy atom. The highest BCUT2D eigenvalue weighted by atomic mass is 16.6. The SMILES string of the molecule is O=C1O[C@@H]([NH+]2CCC(Cc3ccccc3)CC2)c2ccccc21. The van der Waals surface area contributed by atoms with E-state index in [1.165, 1.54) is 23.3 Å². The Hall–Kier alpha value is -2.13. The van der Waals surface area contributed by atoms with Crippen molar-refractivity contribution in [2.75, 3.05) is 13.1 Å². The van der Waals surface area contributed by atoms with E-state index in [0.29, 0.717) is 0 Å². The highest BCUT2D eigenvalue weighted by Crippen LogP contribution is 2.27. The van der Waals surface area contributed by atoms with Crippen molar-refractivity contribution in [1.29, 1.82) is 0 Å². The second-order valence-electron chi connectivity index (χ2n) is 6.66. The minimum atomic E-state index is -0.162. The zero-order chi connectivity index (χ0) is 15.6. The fraction of sp³-hybridized carbons (Fsp3) is 0.350. The Morgan fingerprint density at radius 2 is 1.65 bits per heavy atom. The van der Waals surface area contributed by atoms with Gasteiger partial charge in [0.15, 0.2) is 0 Å². The van der Waals surface area contributed by atoms with Crippen LogP contribution in [0.4, 0.5) is 0 Å². The average Bonchev–Trinajstić information content (AvgIpc) is 2.94. The maximum Gasteiger partial charge on any atom is 0.343 e. The van der Waals surface area contributed by atoms with Crippen LogP contribution in [-0.4, -0.2) is 19.1 Å². The summed E-state index contributed by atoms with van der Waals surface area (Å²) in [4.78, 5) is 13.4. The van der Waals surface area contributed by atoms with Crippen LogP contribution in [0.1, 0.15) is 40.6 Å². The molecule has 2 aromatic rings. The van der Waals surface area contributed by atoms with Crippen molar-refractivity contribution in [3.05, 3.63) is 71.3 Å². The molecule has 0 unspecified atom stereocenters. The number of likely N-dealkylation sites (tertiary alicyclic amines) is 1. The van der Waals surface area contributed by atoms with Gasteiger partial charge in [-0.25, -0.2) is 4.79 Å². The van der Waals surface area contributed by atoms with Gasteiger partial charge in [0.2, 0.25) is 0 Å². The molecule has 118 valence electrons.